The molecule has 122 valence electrons. The SMILES string of the molecule is CCCC(N)C(=O)Nc1ccc(NCC2CCCO2)c(F)c1. The third-order valence-corrected chi connectivity index (χ3v) is 3.72. The molecule has 1 saturated heterocycles. The molecule has 1 heterocycles. The van der Waals surface area contributed by atoms with Gasteiger partial charge in [0.2, 0.25) is 5.91 Å². The largest absolute Gasteiger partial charge is 0.380 e. The number of carbonyl (C=O) groups excluding carboxylic acids is 1. The molecule has 1 aromatic rings. The molecule has 2 unspecified atom stereocenters. The van der Waals surface area contributed by atoms with Gasteiger partial charge >= 0.3 is 0 Å². The van der Waals surface area contributed by atoms with E-state index in [0.717, 1.165) is 25.9 Å². The van der Waals surface area contributed by atoms with Crippen molar-refractivity contribution in [1.82, 2.24) is 0 Å². The van der Waals surface area contributed by atoms with Crippen LogP contribution in [0.25, 0.3) is 0 Å². The predicted octanol–water partition coefficient (Wildman–Crippen LogP) is 2.48. The topological polar surface area (TPSA) is 76.4 Å². The first-order chi connectivity index (χ1) is 10.6. The summed E-state index contributed by atoms with van der Waals surface area (Å²) in [6, 6.07) is 4.02. The lowest BCUT2D eigenvalue weighted by molar-refractivity contribution is -0.117. The number of halogens is 1. The van der Waals surface area contributed by atoms with E-state index in [1.165, 1.54) is 6.07 Å². The zero-order valence-corrected chi connectivity index (χ0v) is 12.9. The average Bonchev–Trinajstić information content (AvgIpc) is 3.00. The fourth-order valence-electron chi connectivity index (χ4n) is 2.44. The summed E-state index contributed by atoms with van der Waals surface area (Å²) in [4.78, 5) is 11.8. The summed E-state index contributed by atoms with van der Waals surface area (Å²) in [6.07, 6.45) is 3.63. The molecule has 1 aliphatic rings. The Bertz CT molecular complexity index is 504. The Balaban J connectivity index is 1.89. The van der Waals surface area contributed by atoms with Crippen molar-refractivity contribution in [1.29, 1.82) is 0 Å². The summed E-state index contributed by atoms with van der Waals surface area (Å²) >= 11 is 0. The van der Waals surface area contributed by atoms with E-state index in [-0.39, 0.29) is 12.0 Å². The fourth-order valence-corrected chi connectivity index (χ4v) is 2.44. The van der Waals surface area contributed by atoms with Crippen molar-refractivity contribution in [2.45, 2.75) is 44.8 Å². The van der Waals surface area contributed by atoms with Crippen molar-refractivity contribution in [3.63, 3.8) is 0 Å². The van der Waals surface area contributed by atoms with Gasteiger partial charge in [-0.2, -0.15) is 0 Å². The van der Waals surface area contributed by atoms with Crippen molar-refractivity contribution in [2.75, 3.05) is 23.8 Å². The Morgan fingerprint density at radius 1 is 1.55 bits per heavy atom. The Morgan fingerprint density at radius 3 is 3.00 bits per heavy atom. The summed E-state index contributed by atoms with van der Waals surface area (Å²) in [5.74, 6) is -0.693. The number of amides is 1. The monoisotopic (exact) mass is 309 g/mol. The molecule has 5 nitrogen and oxygen atoms in total. The molecule has 1 aromatic carbocycles. The molecule has 0 aromatic heterocycles. The van der Waals surface area contributed by atoms with Crippen molar-refractivity contribution in [3.05, 3.63) is 24.0 Å². The quantitative estimate of drug-likeness (QED) is 0.723. The summed E-state index contributed by atoms with van der Waals surface area (Å²) in [7, 11) is 0. The molecule has 2 rings (SSSR count). The number of nitrogens with one attached hydrogen (secondary N) is 2. The molecule has 0 radical (unpaired) electrons. The van der Waals surface area contributed by atoms with E-state index in [1.54, 1.807) is 12.1 Å². The first-order valence-corrected chi connectivity index (χ1v) is 7.81. The second-order valence-corrected chi connectivity index (χ2v) is 5.59. The molecule has 0 saturated carbocycles. The summed E-state index contributed by atoms with van der Waals surface area (Å²) in [5.41, 5.74) is 6.55. The van der Waals surface area contributed by atoms with Gasteiger partial charge in [-0.1, -0.05) is 13.3 Å². The van der Waals surface area contributed by atoms with Gasteiger partial charge in [0.1, 0.15) is 5.82 Å². The highest BCUT2D eigenvalue weighted by atomic mass is 19.1. The minimum atomic E-state index is -0.564. The van der Waals surface area contributed by atoms with Crippen LogP contribution in [0.1, 0.15) is 32.6 Å². The van der Waals surface area contributed by atoms with E-state index in [9.17, 15) is 9.18 Å². The second kappa shape index (κ2) is 8.10. The Morgan fingerprint density at radius 2 is 2.36 bits per heavy atom. The number of anilines is 2. The summed E-state index contributed by atoms with van der Waals surface area (Å²) in [5, 5.41) is 5.68. The van der Waals surface area contributed by atoms with E-state index in [0.29, 0.717) is 24.3 Å². The Hall–Kier alpha value is -1.66. The highest BCUT2D eigenvalue weighted by Gasteiger charge is 2.16. The molecule has 1 aliphatic heterocycles. The van der Waals surface area contributed by atoms with Crippen LogP contribution in [0.15, 0.2) is 18.2 Å². The van der Waals surface area contributed by atoms with Crippen LogP contribution in [-0.4, -0.2) is 31.2 Å². The molecular formula is C16H24FN3O2. The zero-order valence-electron chi connectivity index (χ0n) is 12.9. The molecule has 1 amide bonds. The molecule has 0 bridgehead atoms. The third-order valence-electron chi connectivity index (χ3n) is 3.72. The lowest BCUT2D eigenvalue weighted by Crippen LogP contribution is -2.35. The zero-order chi connectivity index (χ0) is 15.9. The number of hydrogen-bond donors (Lipinski definition) is 3. The second-order valence-electron chi connectivity index (χ2n) is 5.59. The smallest absolute Gasteiger partial charge is 0.241 e. The van der Waals surface area contributed by atoms with E-state index >= 15 is 0 Å². The molecule has 0 aliphatic carbocycles. The number of hydrogen-bond acceptors (Lipinski definition) is 4. The van der Waals surface area contributed by atoms with Crippen LogP contribution in [0, 0.1) is 5.82 Å². The molecule has 2 atom stereocenters. The van der Waals surface area contributed by atoms with Gasteiger partial charge in [0.05, 0.1) is 17.8 Å². The van der Waals surface area contributed by atoms with Gasteiger partial charge in [0, 0.05) is 18.8 Å². The van der Waals surface area contributed by atoms with Crippen molar-refractivity contribution in [2.24, 2.45) is 5.73 Å². The lowest BCUT2D eigenvalue weighted by atomic mass is 10.1. The van der Waals surface area contributed by atoms with E-state index in [4.69, 9.17) is 10.5 Å². The van der Waals surface area contributed by atoms with Crippen LogP contribution in [0.4, 0.5) is 15.8 Å². The summed E-state index contributed by atoms with van der Waals surface area (Å²) in [6.45, 7) is 3.32. The summed E-state index contributed by atoms with van der Waals surface area (Å²) < 4.78 is 19.5. The molecule has 6 heteroatoms. The predicted molar refractivity (Wildman–Crippen MR) is 85.4 cm³/mol. The molecule has 1 fully saturated rings. The van der Waals surface area contributed by atoms with Crippen molar-refractivity contribution < 1.29 is 13.9 Å². The van der Waals surface area contributed by atoms with Gasteiger partial charge in [-0.15, -0.1) is 0 Å². The normalized spacial score (nSPS) is 19.0. The fraction of sp³-hybridized carbons (Fsp3) is 0.562. The first kappa shape index (κ1) is 16.7. The van der Waals surface area contributed by atoms with Gasteiger partial charge in [-0.25, -0.2) is 4.39 Å². The maximum absolute atomic E-state index is 14.0. The molecule has 4 N–H and O–H groups in total. The van der Waals surface area contributed by atoms with Crippen LogP contribution in [0.2, 0.25) is 0 Å². The number of benzene rings is 1. The van der Waals surface area contributed by atoms with Crippen LogP contribution >= 0.6 is 0 Å². The maximum Gasteiger partial charge on any atom is 0.241 e. The highest BCUT2D eigenvalue weighted by Crippen LogP contribution is 2.20. The van der Waals surface area contributed by atoms with Crippen LogP contribution in [0.5, 0.6) is 0 Å². The van der Waals surface area contributed by atoms with Gasteiger partial charge in [0.25, 0.3) is 0 Å². The van der Waals surface area contributed by atoms with Crippen LogP contribution in [-0.2, 0) is 9.53 Å². The molecular weight excluding hydrogens is 285 g/mol. The van der Waals surface area contributed by atoms with Crippen molar-refractivity contribution in [3.8, 4) is 0 Å². The number of ether oxygens (including phenoxy) is 1. The van der Waals surface area contributed by atoms with Crippen molar-refractivity contribution >= 4 is 17.3 Å². The first-order valence-electron chi connectivity index (χ1n) is 7.81. The Labute approximate surface area is 130 Å². The number of carbonyl (C=O) groups is 1. The van der Waals surface area contributed by atoms with Gasteiger partial charge in [0.15, 0.2) is 0 Å². The number of rotatable bonds is 7. The molecule has 0 spiro atoms. The van der Waals surface area contributed by atoms with Gasteiger partial charge < -0.3 is 21.1 Å². The highest BCUT2D eigenvalue weighted by molar-refractivity contribution is 5.94. The standard InChI is InChI=1S/C16H24FN3O2/c1-2-4-14(18)16(21)20-11-6-7-15(13(17)9-11)19-10-12-5-3-8-22-12/h6-7,9,12,14,19H,2-5,8,10,18H2,1H3,(H,20,21). The van der Waals surface area contributed by atoms with Crippen LogP contribution in [0.3, 0.4) is 0 Å². The third kappa shape index (κ3) is 4.68. The number of nitrogens with two attached hydrogens (primary N) is 1. The van der Waals surface area contributed by atoms with E-state index in [1.807, 2.05) is 6.92 Å². The maximum atomic E-state index is 14.0. The lowest BCUT2D eigenvalue weighted by Gasteiger charge is -2.14. The van der Waals surface area contributed by atoms with E-state index < -0.39 is 11.9 Å². The molecule has 22 heavy (non-hydrogen) atoms. The van der Waals surface area contributed by atoms with E-state index in [2.05, 4.69) is 10.6 Å². The average molecular weight is 309 g/mol. The van der Waals surface area contributed by atoms with Gasteiger partial charge in [-0.3, -0.25) is 4.79 Å². The minimum Gasteiger partial charge on any atom is -0.380 e. The Kier molecular flexibility index (Phi) is 6.15. The van der Waals surface area contributed by atoms with Gasteiger partial charge in [-0.05, 0) is 37.5 Å². The van der Waals surface area contributed by atoms with Crippen LogP contribution < -0.4 is 16.4 Å². The minimum absolute atomic E-state index is 0.144.